The highest BCUT2D eigenvalue weighted by molar-refractivity contribution is 5.94. The van der Waals surface area contributed by atoms with Gasteiger partial charge in [-0.2, -0.15) is 0 Å². The Kier molecular flexibility index (Phi) is 6.26. The fourth-order valence-electron chi connectivity index (χ4n) is 3.25. The fraction of sp³-hybridized carbons (Fsp3) is 0.400. The van der Waals surface area contributed by atoms with Crippen LogP contribution in [-0.2, 0) is 0 Å². The molecule has 4 N–H and O–H groups in total. The fourth-order valence-corrected chi connectivity index (χ4v) is 3.25. The lowest BCUT2D eigenvalue weighted by atomic mass is 10.1. The number of furan rings is 1. The third kappa shape index (κ3) is 5.18. The van der Waals surface area contributed by atoms with Gasteiger partial charge in [0, 0.05) is 24.2 Å². The minimum Gasteiger partial charge on any atom is -0.451 e. The van der Waals surface area contributed by atoms with Gasteiger partial charge in [0.2, 0.25) is 0 Å². The molecule has 144 valence electrons. The quantitative estimate of drug-likeness (QED) is 0.641. The molecule has 0 spiro atoms. The van der Waals surface area contributed by atoms with E-state index in [9.17, 15) is 14.7 Å². The maximum atomic E-state index is 12.2. The van der Waals surface area contributed by atoms with Crippen molar-refractivity contribution in [1.82, 2.24) is 10.2 Å². The standard InChI is InChI=1S/C20H25N3O4/c21-19(25)18-9-8-17(27-18)14-4-6-15(7-5-14)20(26)22-10-2-12-23-11-1-3-16(24)13-23/h4-9,16,24H,1-3,10-13H2,(H2,21,25)(H,22,26). The molecule has 0 bridgehead atoms. The lowest BCUT2D eigenvalue weighted by molar-refractivity contribution is 0.0697. The number of carbonyl (C=O) groups excluding carboxylic acids is 2. The molecule has 0 radical (unpaired) electrons. The molecular weight excluding hydrogens is 346 g/mol. The maximum Gasteiger partial charge on any atom is 0.284 e. The van der Waals surface area contributed by atoms with E-state index in [1.165, 1.54) is 6.07 Å². The Morgan fingerprint density at radius 3 is 2.67 bits per heavy atom. The van der Waals surface area contributed by atoms with Gasteiger partial charge < -0.3 is 25.5 Å². The molecule has 1 aliphatic rings. The number of hydrogen-bond donors (Lipinski definition) is 3. The number of amides is 2. The molecule has 1 saturated heterocycles. The Morgan fingerprint density at radius 1 is 1.22 bits per heavy atom. The molecule has 0 aliphatic carbocycles. The van der Waals surface area contributed by atoms with E-state index in [1.807, 2.05) is 0 Å². The molecule has 3 rings (SSSR count). The average Bonchev–Trinajstić information content (AvgIpc) is 3.16. The largest absolute Gasteiger partial charge is 0.451 e. The smallest absolute Gasteiger partial charge is 0.284 e. The van der Waals surface area contributed by atoms with Crippen LogP contribution >= 0.6 is 0 Å². The van der Waals surface area contributed by atoms with Gasteiger partial charge in [0.15, 0.2) is 5.76 Å². The molecular formula is C20H25N3O4. The lowest BCUT2D eigenvalue weighted by Gasteiger charge is -2.29. The van der Waals surface area contributed by atoms with Crippen LogP contribution in [0.4, 0.5) is 0 Å². The molecule has 0 saturated carbocycles. The SMILES string of the molecule is NC(=O)c1ccc(-c2ccc(C(=O)NCCCN3CCCC(O)C3)cc2)o1. The second kappa shape index (κ2) is 8.83. The van der Waals surface area contributed by atoms with Gasteiger partial charge in [-0.1, -0.05) is 12.1 Å². The van der Waals surface area contributed by atoms with E-state index in [1.54, 1.807) is 30.3 Å². The molecule has 7 nitrogen and oxygen atoms in total. The minimum atomic E-state index is -0.615. The number of benzene rings is 1. The van der Waals surface area contributed by atoms with Crippen molar-refractivity contribution >= 4 is 11.8 Å². The third-order valence-corrected chi connectivity index (χ3v) is 4.70. The normalized spacial score (nSPS) is 17.6. The van der Waals surface area contributed by atoms with Crippen molar-refractivity contribution in [2.75, 3.05) is 26.2 Å². The topological polar surface area (TPSA) is 109 Å². The summed E-state index contributed by atoms with van der Waals surface area (Å²) in [6, 6.07) is 10.2. The molecule has 2 aromatic rings. The zero-order valence-corrected chi connectivity index (χ0v) is 15.2. The van der Waals surface area contributed by atoms with Gasteiger partial charge in [0.25, 0.3) is 11.8 Å². The summed E-state index contributed by atoms with van der Waals surface area (Å²) in [5, 5.41) is 12.6. The summed E-state index contributed by atoms with van der Waals surface area (Å²) in [6.07, 6.45) is 2.53. The van der Waals surface area contributed by atoms with Crippen molar-refractivity contribution < 1.29 is 19.1 Å². The number of carbonyl (C=O) groups is 2. The zero-order chi connectivity index (χ0) is 19.2. The van der Waals surface area contributed by atoms with Crippen LogP contribution in [0.5, 0.6) is 0 Å². The number of primary amides is 1. The van der Waals surface area contributed by atoms with Crippen LogP contribution in [0.3, 0.4) is 0 Å². The molecule has 7 heteroatoms. The third-order valence-electron chi connectivity index (χ3n) is 4.70. The summed E-state index contributed by atoms with van der Waals surface area (Å²) in [5.74, 6) is -0.110. The number of nitrogens with one attached hydrogen (secondary N) is 1. The van der Waals surface area contributed by atoms with E-state index in [0.29, 0.717) is 17.9 Å². The van der Waals surface area contributed by atoms with Crippen molar-refractivity contribution in [3.63, 3.8) is 0 Å². The predicted molar refractivity (Wildman–Crippen MR) is 101 cm³/mol. The second-order valence-electron chi connectivity index (χ2n) is 6.81. The van der Waals surface area contributed by atoms with Gasteiger partial charge >= 0.3 is 0 Å². The number of nitrogens with zero attached hydrogens (tertiary/aromatic N) is 1. The van der Waals surface area contributed by atoms with E-state index in [-0.39, 0.29) is 17.8 Å². The summed E-state index contributed by atoms with van der Waals surface area (Å²) in [5.41, 5.74) is 6.51. The minimum absolute atomic E-state index is 0.105. The highest BCUT2D eigenvalue weighted by Crippen LogP contribution is 2.22. The molecule has 1 atom stereocenters. The summed E-state index contributed by atoms with van der Waals surface area (Å²) < 4.78 is 5.38. The number of likely N-dealkylation sites (tertiary alicyclic amines) is 1. The maximum absolute atomic E-state index is 12.2. The number of aliphatic hydroxyl groups is 1. The van der Waals surface area contributed by atoms with Crippen LogP contribution in [0.1, 0.15) is 40.2 Å². The molecule has 1 aliphatic heterocycles. The Labute approximate surface area is 158 Å². The van der Waals surface area contributed by atoms with Crippen molar-refractivity contribution in [3.05, 3.63) is 47.7 Å². The highest BCUT2D eigenvalue weighted by Gasteiger charge is 2.17. The number of aliphatic hydroxyl groups excluding tert-OH is 1. The second-order valence-corrected chi connectivity index (χ2v) is 6.81. The number of rotatable bonds is 7. The number of piperidine rings is 1. The van der Waals surface area contributed by atoms with E-state index < -0.39 is 5.91 Å². The van der Waals surface area contributed by atoms with E-state index in [4.69, 9.17) is 10.2 Å². The number of nitrogens with two attached hydrogens (primary N) is 1. The summed E-state index contributed by atoms with van der Waals surface area (Å²) in [7, 11) is 0. The van der Waals surface area contributed by atoms with Gasteiger partial charge in [0.1, 0.15) is 5.76 Å². The van der Waals surface area contributed by atoms with Crippen LogP contribution in [0.25, 0.3) is 11.3 Å². The average molecular weight is 371 g/mol. The molecule has 27 heavy (non-hydrogen) atoms. The Balaban J connectivity index is 1.46. The van der Waals surface area contributed by atoms with Crippen LogP contribution in [-0.4, -0.2) is 54.1 Å². The molecule has 2 heterocycles. The van der Waals surface area contributed by atoms with Crippen molar-refractivity contribution in [2.24, 2.45) is 5.73 Å². The molecule has 1 aromatic carbocycles. The van der Waals surface area contributed by atoms with E-state index in [0.717, 1.165) is 44.5 Å². The Hall–Kier alpha value is -2.64. The summed E-state index contributed by atoms with van der Waals surface area (Å²) in [6.45, 7) is 3.20. The Morgan fingerprint density at radius 2 is 2.00 bits per heavy atom. The van der Waals surface area contributed by atoms with Crippen LogP contribution in [0, 0.1) is 0 Å². The van der Waals surface area contributed by atoms with Crippen molar-refractivity contribution in [1.29, 1.82) is 0 Å². The number of β-amino-alcohol motifs (C(OH)–C–C–N with tert-alkyl or cyclic N) is 1. The van der Waals surface area contributed by atoms with Gasteiger partial charge in [-0.05, 0) is 56.6 Å². The Bertz CT molecular complexity index is 785. The zero-order valence-electron chi connectivity index (χ0n) is 15.2. The first-order valence-corrected chi connectivity index (χ1v) is 9.21. The van der Waals surface area contributed by atoms with Crippen LogP contribution < -0.4 is 11.1 Å². The first kappa shape index (κ1) is 19.1. The first-order valence-electron chi connectivity index (χ1n) is 9.21. The molecule has 1 unspecified atom stereocenters. The van der Waals surface area contributed by atoms with Crippen LogP contribution in [0.15, 0.2) is 40.8 Å². The highest BCUT2D eigenvalue weighted by atomic mass is 16.3. The molecule has 1 fully saturated rings. The van der Waals surface area contributed by atoms with Gasteiger partial charge in [-0.3, -0.25) is 9.59 Å². The predicted octanol–water partition coefficient (Wildman–Crippen LogP) is 1.62. The monoisotopic (exact) mass is 371 g/mol. The van der Waals surface area contributed by atoms with E-state index >= 15 is 0 Å². The molecule has 1 aromatic heterocycles. The van der Waals surface area contributed by atoms with Crippen molar-refractivity contribution in [2.45, 2.75) is 25.4 Å². The van der Waals surface area contributed by atoms with Gasteiger partial charge in [-0.25, -0.2) is 0 Å². The van der Waals surface area contributed by atoms with E-state index in [2.05, 4.69) is 10.2 Å². The first-order chi connectivity index (χ1) is 13.0. The van der Waals surface area contributed by atoms with Gasteiger partial charge in [-0.15, -0.1) is 0 Å². The lowest BCUT2D eigenvalue weighted by Crippen LogP contribution is -2.39. The number of hydrogen-bond acceptors (Lipinski definition) is 5. The summed E-state index contributed by atoms with van der Waals surface area (Å²) in [4.78, 5) is 25.6. The van der Waals surface area contributed by atoms with Crippen LogP contribution in [0.2, 0.25) is 0 Å². The summed E-state index contributed by atoms with van der Waals surface area (Å²) >= 11 is 0. The molecule has 2 amide bonds. The van der Waals surface area contributed by atoms with Gasteiger partial charge in [0.05, 0.1) is 6.10 Å². The van der Waals surface area contributed by atoms with Crippen molar-refractivity contribution in [3.8, 4) is 11.3 Å².